The maximum Gasteiger partial charge on any atom is 0.335 e. The number of rotatable bonds is 8. The first-order valence-electron chi connectivity index (χ1n) is 7.29. The van der Waals surface area contributed by atoms with Gasteiger partial charge in [0.2, 0.25) is 5.91 Å². The number of nitrogens with one attached hydrogen (secondary N) is 1. The van der Waals surface area contributed by atoms with Crippen molar-refractivity contribution in [3.05, 3.63) is 51.7 Å². The largest absolute Gasteiger partial charge is 0.496 e. The third-order valence-corrected chi connectivity index (χ3v) is 4.37. The molecule has 0 fully saturated rings. The lowest BCUT2D eigenvalue weighted by molar-refractivity contribution is -0.121. The van der Waals surface area contributed by atoms with Crippen LogP contribution in [0, 0.1) is 0 Å². The van der Waals surface area contributed by atoms with E-state index < -0.39 is 5.97 Å². The Morgan fingerprint density at radius 1 is 1.26 bits per heavy atom. The van der Waals surface area contributed by atoms with Gasteiger partial charge in [0.25, 0.3) is 0 Å². The first-order valence-corrected chi connectivity index (χ1v) is 8.17. The fourth-order valence-corrected chi connectivity index (χ4v) is 2.91. The molecule has 0 aliphatic carbocycles. The van der Waals surface area contributed by atoms with Gasteiger partial charge in [-0.25, -0.2) is 4.79 Å². The molecule has 1 aromatic heterocycles. The maximum absolute atomic E-state index is 11.8. The molecular weight excluding hydrogens is 314 g/mol. The van der Waals surface area contributed by atoms with Crippen molar-refractivity contribution in [1.82, 2.24) is 5.32 Å². The zero-order valence-electron chi connectivity index (χ0n) is 12.9. The highest BCUT2D eigenvalue weighted by Gasteiger charge is 2.09. The van der Waals surface area contributed by atoms with Crippen LogP contribution in [-0.2, 0) is 17.6 Å². The minimum Gasteiger partial charge on any atom is -0.496 e. The number of hydrogen-bond donors (Lipinski definition) is 2. The van der Waals surface area contributed by atoms with Crippen LogP contribution >= 0.6 is 11.3 Å². The van der Waals surface area contributed by atoms with E-state index in [1.54, 1.807) is 23.5 Å². The number of carboxylic acids is 1. The summed E-state index contributed by atoms with van der Waals surface area (Å²) < 4.78 is 5.22. The van der Waals surface area contributed by atoms with E-state index in [2.05, 4.69) is 5.32 Å². The summed E-state index contributed by atoms with van der Waals surface area (Å²) in [5.41, 5.74) is 1.06. The molecule has 6 heteroatoms. The predicted molar refractivity (Wildman–Crippen MR) is 89.3 cm³/mol. The molecule has 2 aromatic rings. The third kappa shape index (κ3) is 5.10. The molecule has 0 saturated heterocycles. The van der Waals surface area contributed by atoms with E-state index in [-0.39, 0.29) is 11.5 Å². The molecule has 1 heterocycles. The highest BCUT2D eigenvalue weighted by Crippen LogP contribution is 2.20. The van der Waals surface area contributed by atoms with Crippen LogP contribution in [0.1, 0.15) is 27.2 Å². The standard InChI is InChI=1S/C17H19NO4S/c1-22-15-11-13(17(20)21)5-4-12(15)8-9-18-16(19)7-6-14-3-2-10-23-14/h2-5,10-11H,6-9H2,1H3,(H,18,19)(H,20,21). The lowest BCUT2D eigenvalue weighted by Crippen LogP contribution is -2.25. The average Bonchev–Trinajstić information content (AvgIpc) is 3.06. The summed E-state index contributed by atoms with van der Waals surface area (Å²) in [5.74, 6) is -0.450. The maximum atomic E-state index is 11.8. The summed E-state index contributed by atoms with van der Waals surface area (Å²) in [5, 5.41) is 13.8. The molecule has 1 amide bonds. The topological polar surface area (TPSA) is 75.6 Å². The number of methoxy groups -OCH3 is 1. The molecule has 2 rings (SSSR count). The second-order valence-corrected chi connectivity index (χ2v) is 6.04. The highest BCUT2D eigenvalue weighted by atomic mass is 32.1. The Morgan fingerprint density at radius 2 is 2.09 bits per heavy atom. The van der Waals surface area contributed by atoms with E-state index in [1.807, 2.05) is 17.5 Å². The first kappa shape index (κ1) is 17.0. The molecule has 0 radical (unpaired) electrons. The van der Waals surface area contributed by atoms with Crippen molar-refractivity contribution in [2.45, 2.75) is 19.3 Å². The van der Waals surface area contributed by atoms with Gasteiger partial charge in [0, 0.05) is 17.8 Å². The number of aryl methyl sites for hydroxylation is 1. The van der Waals surface area contributed by atoms with E-state index in [4.69, 9.17) is 9.84 Å². The SMILES string of the molecule is COc1cc(C(=O)O)ccc1CCNC(=O)CCc1cccs1. The molecule has 2 N–H and O–H groups in total. The van der Waals surface area contributed by atoms with Crippen molar-refractivity contribution < 1.29 is 19.4 Å². The number of hydrogen-bond acceptors (Lipinski definition) is 4. The van der Waals surface area contributed by atoms with E-state index in [9.17, 15) is 9.59 Å². The van der Waals surface area contributed by atoms with Crippen LogP contribution in [0.2, 0.25) is 0 Å². The minimum absolute atomic E-state index is 0.0134. The van der Waals surface area contributed by atoms with Gasteiger partial charge >= 0.3 is 5.97 Å². The van der Waals surface area contributed by atoms with Crippen LogP contribution in [-0.4, -0.2) is 30.6 Å². The fraction of sp³-hybridized carbons (Fsp3) is 0.294. The summed E-state index contributed by atoms with van der Waals surface area (Å²) in [6.45, 7) is 0.492. The van der Waals surface area contributed by atoms with Crippen molar-refractivity contribution in [2.24, 2.45) is 0 Å². The number of aromatic carboxylic acids is 1. The second-order valence-electron chi connectivity index (χ2n) is 5.01. The molecule has 0 saturated carbocycles. The van der Waals surface area contributed by atoms with Crippen molar-refractivity contribution >= 4 is 23.2 Å². The Kier molecular flexibility index (Phi) is 6.17. The normalized spacial score (nSPS) is 10.3. The Hall–Kier alpha value is -2.34. The monoisotopic (exact) mass is 333 g/mol. The van der Waals surface area contributed by atoms with Crippen LogP contribution in [0.3, 0.4) is 0 Å². The first-order chi connectivity index (χ1) is 11.1. The summed E-state index contributed by atoms with van der Waals surface area (Å²) in [7, 11) is 1.50. The summed E-state index contributed by atoms with van der Waals surface area (Å²) in [4.78, 5) is 24.0. The molecule has 0 aliphatic rings. The van der Waals surface area contributed by atoms with Gasteiger partial charge < -0.3 is 15.2 Å². The molecule has 0 spiro atoms. The minimum atomic E-state index is -0.989. The van der Waals surface area contributed by atoms with Gasteiger partial charge in [0.1, 0.15) is 5.75 Å². The number of carbonyl (C=O) groups excluding carboxylic acids is 1. The van der Waals surface area contributed by atoms with Crippen LogP contribution in [0.25, 0.3) is 0 Å². The molecule has 122 valence electrons. The summed E-state index contributed by atoms with van der Waals surface area (Å²) in [6.07, 6.45) is 1.81. The quantitative estimate of drug-likeness (QED) is 0.779. The van der Waals surface area contributed by atoms with Crippen molar-refractivity contribution in [1.29, 1.82) is 0 Å². The van der Waals surface area contributed by atoms with Crippen molar-refractivity contribution in [3.63, 3.8) is 0 Å². The lowest BCUT2D eigenvalue weighted by Gasteiger charge is -2.10. The molecule has 1 aromatic carbocycles. The van der Waals surface area contributed by atoms with Gasteiger partial charge in [-0.15, -0.1) is 11.3 Å². The number of carbonyl (C=O) groups is 2. The summed E-state index contributed by atoms with van der Waals surface area (Å²) >= 11 is 1.65. The third-order valence-electron chi connectivity index (χ3n) is 3.43. The number of benzene rings is 1. The van der Waals surface area contributed by atoms with Crippen LogP contribution < -0.4 is 10.1 Å². The van der Waals surface area contributed by atoms with Crippen LogP contribution in [0.5, 0.6) is 5.75 Å². The average molecular weight is 333 g/mol. The zero-order valence-corrected chi connectivity index (χ0v) is 13.7. The highest BCUT2D eigenvalue weighted by molar-refractivity contribution is 7.09. The zero-order chi connectivity index (χ0) is 16.7. The van der Waals surface area contributed by atoms with Crippen molar-refractivity contribution in [2.75, 3.05) is 13.7 Å². The van der Waals surface area contributed by atoms with Gasteiger partial charge in [-0.3, -0.25) is 4.79 Å². The molecular formula is C17H19NO4S. The Balaban J connectivity index is 1.81. The van der Waals surface area contributed by atoms with E-state index in [1.165, 1.54) is 18.1 Å². The Morgan fingerprint density at radius 3 is 2.74 bits per heavy atom. The Bertz CT molecular complexity index is 667. The predicted octanol–water partition coefficient (Wildman–Crippen LogP) is 2.75. The van der Waals surface area contributed by atoms with Gasteiger partial charge in [-0.05, 0) is 42.0 Å². The molecule has 5 nitrogen and oxygen atoms in total. The molecule has 23 heavy (non-hydrogen) atoms. The van der Waals surface area contributed by atoms with E-state index in [0.717, 1.165) is 12.0 Å². The van der Waals surface area contributed by atoms with E-state index in [0.29, 0.717) is 25.1 Å². The van der Waals surface area contributed by atoms with Crippen LogP contribution in [0.4, 0.5) is 0 Å². The lowest BCUT2D eigenvalue weighted by atomic mass is 10.1. The number of amides is 1. The van der Waals surface area contributed by atoms with Gasteiger partial charge in [-0.1, -0.05) is 12.1 Å². The molecule has 0 unspecified atom stereocenters. The smallest absolute Gasteiger partial charge is 0.335 e. The van der Waals surface area contributed by atoms with Gasteiger partial charge in [0.05, 0.1) is 12.7 Å². The molecule has 0 atom stereocenters. The fourth-order valence-electron chi connectivity index (χ4n) is 2.20. The summed E-state index contributed by atoms with van der Waals surface area (Å²) in [6, 6.07) is 8.76. The van der Waals surface area contributed by atoms with E-state index >= 15 is 0 Å². The molecule has 0 bridgehead atoms. The van der Waals surface area contributed by atoms with Gasteiger partial charge in [-0.2, -0.15) is 0 Å². The van der Waals surface area contributed by atoms with Gasteiger partial charge in [0.15, 0.2) is 0 Å². The number of thiophene rings is 1. The number of carboxylic acid groups (broad SMARTS) is 1. The second kappa shape index (κ2) is 8.33. The van der Waals surface area contributed by atoms with Crippen molar-refractivity contribution in [3.8, 4) is 5.75 Å². The van der Waals surface area contributed by atoms with Crippen LogP contribution in [0.15, 0.2) is 35.7 Å². The number of ether oxygens (including phenoxy) is 1. The molecule has 0 aliphatic heterocycles. The Labute approximate surface area is 138 Å².